The molecule has 12 nitrogen and oxygen atoms in total. The molecule has 0 N–H and O–H groups in total. The van der Waals surface area contributed by atoms with E-state index in [2.05, 4.69) is 40.7 Å². The van der Waals surface area contributed by atoms with Crippen LogP contribution >= 0.6 is 0 Å². The molecule has 2 aliphatic rings. The fourth-order valence-corrected chi connectivity index (χ4v) is 4.67. The van der Waals surface area contributed by atoms with Crippen LogP contribution in [0.2, 0.25) is 0 Å². The van der Waals surface area contributed by atoms with E-state index < -0.39 is 11.7 Å². The lowest BCUT2D eigenvalue weighted by atomic mass is 9.96. The van der Waals surface area contributed by atoms with Crippen LogP contribution in [0, 0.1) is 0 Å². The summed E-state index contributed by atoms with van der Waals surface area (Å²) in [5.41, 5.74) is -0.211. The third kappa shape index (κ3) is 4.02. The average Bonchev–Trinajstić information content (AvgIpc) is 3.67. The fraction of sp³-hybridized carbons (Fsp3) is 0.400. The third-order valence-electron chi connectivity index (χ3n) is 6.24. The van der Waals surface area contributed by atoms with E-state index in [1.807, 2.05) is 4.90 Å². The van der Waals surface area contributed by atoms with E-state index >= 15 is 0 Å². The third-order valence-corrected chi connectivity index (χ3v) is 6.24. The zero-order valence-corrected chi connectivity index (χ0v) is 18.1. The van der Waals surface area contributed by atoms with Gasteiger partial charge in [-0.25, -0.2) is 15.0 Å². The van der Waals surface area contributed by atoms with E-state index in [0.29, 0.717) is 23.2 Å². The number of halogens is 3. The molecule has 2 fully saturated rings. The van der Waals surface area contributed by atoms with Crippen LogP contribution < -0.4 is 9.64 Å². The second kappa shape index (κ2) is 8.25. The van der Waals surface area contributed by atoms with Crippen molar-refractivity contribution in [2.75, 3.05) is 4.90 Å². The lowest BCUT2D eigenvalue weighted by Crippen LogP contribution is -2.33. The number of pyridine rings is 1. The molecule has 3 atom stereocenters. The number of ether oxygens (including phenoxy) is 1. The molecule has 0 aromatic carbocycles. The Bertz CT molecular complexity index is 1290. The highest BCUT2D eigenvalue weighted by Gasteiger charge is 2.49. The average molecular weight is 485 g/mol. The molecule has 35 heavy (non-hydrogen) atoms. The highest BCUT2D eigenvalue weighted by Crippen LogP contribution is 2.45. The van der Waals surface area contributed by atoms with Crippen molar-refractivity contribution in [2.24, 2.45) is 0 Å². The minimum atomic E-state index is -4.46. The Morgan fingerprint density at radius 1 is 1.00 bits per heavy atom. The first-order valence-corrected chi connectivity index (χ1v) is 10.9. The van der Waals surface area contributed by atoms with Crippen LogP contribution in [-0.2, 0) is 12.8 Å². The van der Waals surface area contributed by atoms with E-state index in [9.17, 15) is 13.2 Å². The number of aromatic nitrogens is 10. The molecule has 4 aromatic rings. The number of anilines is 1. The lowest BCUT2D eigenvalue weighted by molar-refractivity contribution is -0.138. The van der Waals surface area contributed by atoms with Gasteiger partial charge in [-0.2, -0.15) is 32.8 Å². The molecule has 180 valence electrons. The molecule has 2 aliphatic heterocycles. The van der Waals surface area contributed by atoms with Gasteiger partial charge in [0, 0.05) is 18.4 Å². The van der Waals surface area contributed by atoms with Crippen molar-refractivity contribution in [1.29, 1.82) is 0 Å². The second-order valence-electron chi connectivity index (χ2n) is 8.33. The molecule has 6 rings (SSSR count). The number of nitrogens with zero attached hydrogens (tertiary/aromatic N) is 11. The number of tetrazole rings is 1. The van der Waals surface area contributed by atoms with Gasteiger partial charge >= 0.3 is 6.18 Å². The van der Waals surface area contributed by atoms with Crippen molar-refractivity contribution in [2.45, 2.75) is 50.2 Å². The summed E-state index contributed by atoms with van der Waals surface area (Å²) in [4.78, 5) is 15.9. The van der Waals surface area contributed by atoms with Crippen LogP contribution in [0.5, 0.6) is 5.75 Å². The largest absolute Gasteiger partial charge is 0.486 e. The van der Waals surface area contributed by atoms with Crippen LogP contribution in [0.25, 0.3) is 5.82 Å². The molecule has 2 bridgehead atoms. The Balaban J connectivity index is 1.11. The molecule has 3 unspecified atom stereocenters. The Labute approximate surface area is 195 Å². The van der Waals surface area contributed by atoms with E-state index in [0.717, 1.165) is 31.7 Å². The first kappa shape index (κ1) is 21.4. The van der Waals surface area contributed by atoms with Gasteiger partial charge in [-0.05, 0) is 41.8 Å². The molecule has 0 spiro atoms. The van der Waals surface area contributed by atoms with Gasteiger partial charge in [0.05, 0.1) is 30.0 Å². The van der Waals surface area contributed by atoms with Crippen molar-refractivity contribution in [3.8, 4) is 11.6 Å². The summed E-state index contributed by atoms with van der Waals surface area (Å²) < 4.78 is 45.8. The molecule has 0 amide bonds. The SMILES string of the molecule is FC(F)(F)c1cnc(N2C3CCC2C(n2ncc(COc4ccc(-n5cnnn5)nc4)n2)C3)nc1. The smallest absolute Gasteiger partial charge is 0.419 e. The first-order chi connectivity index (χ1) is 17.0. The Morgan fingerprint density at radius 3 is 2.57 bits per heavy atom. The van der Waals surface area contributed by atoms with Gasteiger partial charge in [0.15, 0.2) is 5.82 Å². The second-order valence-corrected chi connectivity index (χ2v) is 8.33. The van der Waals surface area contributed by atoms with Gasteiger partial charge in [-0.3, -0.25) is 0 Å². The van der Waals surface area contributed by atoms with E-state index in [-0.39, 0.29) is 24.7 Å². The predicted molar refractivity (Wildman–Crippen MR) is 111 cm³/mol. The number of fused-ring (bicyclic) bond motifs is 2. The summed E-state index contributed by atoms with van der Waals surface area (Å²) in [5, 5.41) is 19.9. The highest BCUT2D eigenvalue weighted by molar-refractivity contribution is 5.40. The topological polar surface area (TPSA) is 125 Å². The fourth-order valence-electron chi connectivity index (χ4n) is 4.67. The van der Waals surface area contributed by atoms with Gasteiger partial charge in [0.1, 0.15) is 24.4 Å². The summed E-state index contributed by atoms with van der Waals surface area (Å²) in [6, 6.07) is 3.62. The predicted octanol–water partition coefficient (Wildman–Crippen LogP) is 2.02. The van der Waals surface area contributed by atoms with Crippen LogP contribution in [-0.4, -0.2) is 62.2 Å². The van der Waals surface area contributed by atoms with Crippen molar-refractivity contribution >= 4 is 5.95 Å². The maximum Gasteiger partial charge on any atom is 0.419 e. The number of rotatable bonds is 6. The zero-order valence-electron chi connectivity index (χ0n) is 18.1. The zero-order chi connectivity index (χ0) is 24.0. The Hall–Kier alpha value is -4.17. The Morgan fingerprint density at radius 2 is 1.86 bits per heavy atom. The monoisotopic (exact) mass is 485 g/mol. The lowest BCUT2D eigenvalue weighted by Gasteiger charge is -2.24. The van der Waals surface area contributed by atoms with Crippen LogP contribution in [0.15, 0.2) is 43.2 Å². The summed E-state index contributed by atoms with van der Waals surface area (Å²) in [6.07, 6.45) is 4.43. The number of alkyl halides is 3. The summed E-state index contributed by atoms with van der Waals surface area (Å²) in [5.74, 6) is 1.43. The standard InChI is InChI=1S/C20H18F3N11O/c21-20(22,23)12-6-25-19(26-7-12)33-14-1-3-16(33)17(5-14)34-28-8-13(29-34)10-35-15-2-4-18(24-9-15)32-11-27-30-31-32/h2,4,6-9,11,14,16-17H,1,3,5,10H2. The van der Waals surface area contributed by atoms with E-state index in [1.165, 1.54) is 11.0 Å². The van der Waals surface area contributed by atoms with Crippen LogP contribution in [0.3, 0.4) is 0 Å². The van der Waals surface area contributed by atoms with Gasteiger partial charge < -0.3 is 9.64 Å². The molecule has 6 heterocycles. The highest BCUT2D eigenvalue weighted by atomic mass is 19.4. The van der Waals surface area contributed by atoms with Crippen LogP contribution in [0.4, 0.5) is 19.1 Å². The van der Waals surface area contributed by atoms with Crippen molar-refractivity contribution in [3.05, 3.63) is 54.5 Å². The molecule has 0 radical (unpaired) electrons. The molecule has 2 saturated heterocycles. The first-order valence-electron chi connectivity index (χ1n) is 10.9. The summed E-state index contributed by atoms with van der Waals surface area (Å²) in [6.45, 7) is 0.207. The maximum atomic E-state index is 12.9. The number of hydrogen-bond donors (Lipinski definition) is 0. The normalized spacial score (nSPS) is 21.6. The van der Waals surface area contributed by atoms with Crippen LogP contribution in [0.1, 0.15) is 36.6 Å². The van der Waals surface area contributed by atoms with Crippen molar-refractivity contribution in [1.82, 2.24) is 50.2 Å². The summed E-state index contributed by atoms with van der Waals surface area (Å²) >= 11 is 0. The molecule has 4 aromatic heterocycles. The van der Waals surface area contributed by atoms with Gasteiger partial charge in [-0.15, -0.1) is 5.10 Å². The van der Waals surface area contributed by atoms with Gasteiger partial charge in [0.25, 0.3) is 0 Å². The molecular weight excluding hydrogens is 467 g/mol. The minimum absolute atomic E-state index is 0.0147. The van der Waals surface area contributed by atoms with E-state index in [1.54, 1.807) is 29.3 Å². The summed E-state index contributed by atoms with van der Waals surface area (Å²) in [7, 11) is 0. The van der Waals surface area contributed by atoms with Crippen molar-refractivity contribution in [3.63, 3.8) is 0 Å². The molecular formula is C20H18F3N11O. The maximum absolute atomic E-state index is 12.9. The van der Waals surface area contributed by atoms with Crippen molar-refractivity contribution < 1.29 is 17.9 Å². The minimum Gasteiger partial charge on any atom is -0.486 e. The van der Waals surface area contributed by atoms with Gasteiger partial charge in [-0.1, -0.05) is 0 Å². The number of hydrogen-bond acceptors (Lipinski definition) is 10. The molecule has 0 saturated carbocycles. The molecule has 15 heteroatoms. The van der Waals surface area contributed by atoms with Gasteiger partial charge in [0.2, 0.25) is 5.95 Å². The van der Waals surface area contributed by atoms with E-state index in [4.69, 9.17) is 4.74 Å². The quantitative estimate of drug-likeness (QED) is 0.400. The Kier molecular flexibility index (Phi) is 5.04. The molecule has 0 aliphatic carbocycles.